The maximum atomic E-state index is 11.1. The molecule has 0 aliphatic heterocycles. The normalized spacial score (nSPS) is 11.3. The molecule has 1 aromatic heterocycles. The number of nitrogens with zero attached hydrogens (tertiary/aromatic N) is 1. The van der Waals surface area contributed by atoms with Crippen LogP contribution in [0.2, 0.25) is 0 Å². The highest BCUT2D eigenvalue weighted by Crippen LogP contribution is 2.30. The maximum absolute atomic E-state index is 11.1. The van der Waals surface area contributed by atoms with Crippen LogP contribution in [0.3, 0.4) is 0 Å². The lowest BCUT2D eigenvalue weighted by Crippen LogP contribution is -2.09. The number of hydrogen-bond donors (Lipinski definition) is 2. The van der Waals surface area contributed by atoms with Crippen molar-refractivity contribution in [2.75, 3.05) is 23.8 Å². The molecule has 0 saturated carbocycles. The molecule has 3 N–H and O–H groups in total. The number of benzene rings is 1. The second-order valence-corrected chi connectivity index (χ2v) is 6.48. The van der Waals surface area contributed by atoms with Gasteiger partial charge < -0.3 is 10.5 Å². The van der Waals surface area contributed by atoms with Gasteiger partial charge in [0.05, 0.1) is 24.7 Å². The minimum atomic E-state index is -3.31. The molecular weight excluding hydrogens is 286 g/mol. The minimum absolute atomic E-state index is 0.326. The zero-order valence-corrected chi connectivity index (χ0v) is 12.0. The van der Waals surface area contributed by atoms with Gasteiger partial charge in [0.2, 0.25) is 10.0 Å². The largest absolute Gasteiger partial charge is 0.495 e. The number of sulfonamides is 1. The lowest BCUT2D eigenvalue weighted by atomic mass is 10.1. The Morgan fingerprint density at radius 2 is 2.16 bits per heavy atom. The van der Waals surface area contributed by atoms with Gasteiger partial charge in [0.25, 0.3) is 0 Å². The van der Waals surface area contributed by atoms with Crippen molar-refractivity contribution in [2.45, 2.75) is 0 Å². The van der Waals surface area contributed by atoms with Crippen LogP contribution < -0.4 is 15.2 Å². The third kappa shape index (κ3) is 3.36. The highest BCUT2D eigenvalue weighted by atomic mass is 32.2. The topological polar surface area (TPSA) is 94.3 Å². The predicted octanol–water partition coefficient (Wildman–Crippen LogP) is 1.77. The van der Waals surface area contributed by atoms with Crippen molar-refractivity contribution in [1.29, 1.82) is 0 Å². The van der Waals surface area contributed by atoms with Gasteiger partial charge in [-0.15, -0.1) is 11.3 Å². The summed E-state index contributed by atoms with van der Waals surface area (Å²) in [5.74, 6) is 0.591. The second-order valence-electron chi connectivity index (χ2n) is 3.87. The van der Waals surface area contributed by atoms with Crippen LogP contribution >= 0.6 is 11.3 Å². The molecule has 0 atom stereocenters. The number of anilines is 2. The summed E-state index contributed by atoms with van der Waals surface area (Å²) in [5, 5.41) is 2.08. The van der Waals surface area contributed by atoms with Gasteiger partial charge in [0.1, 0.15) is 5.75 Å². The highest BCUT2D eigenvalue weighted by molar-refractivity contribution is 7.92. The van der Waals surface area contributed by atoms with Gasteiger partial charge in [-0.3, -0.25) is 4.72 Å². The fraction of sp³-hybridized carbons (Fsp3) is 0.182. The Balaban J connectivity index is 2.30. The summed E-state index contributed by atoms with van der Waals surface area (Å²) in [5.41, 5.74) is 7.78. The van der Waals surface area contributed by atoms with E-state index in [-0.39, 0.29) is 0 Å². The van der Waals surface area contributed by atoms with Crippen LogP contribution in [-0.4, -0.2) is 26.8 Å². The summed E-state index contributed by atoms with van der Waals surface area (Å²) in [6.07, 6.45) is 1.08. The van der Waals surface area contributed by atoms with E-state index >= 15 is 0 Å². The number of nitrogen functional groups attached to an aromatic ring is 1. The average molecular weight is 299 g/mol. The van der Waals surface area contributed by atoms with E-state index < -0.39 is 10.0 Å². The lowest BCUT2D eigenvalue weighted by Gasteiger charge is -2.05. The van der Waals surface area contributed by atoms with Gasteiger partial charge >= 0.3 is 0 Å². The van der Waals surface area contributed by atoms with Crippen LogP contribution in [0.5, 0.6) is 5.75 Å². The molecule has 2 rings (SSSR count). The zero-order chi connectivity index (χ0) is 14.0. The van der Waals surface area contributed by atoms with E-state index in [0.29, 0.717) is 22.3 Å². The van der Waals surface area contributed by atoms with Gasteiger partial charge in [-0.1, -0.05) is 0 Å². The van der Waals surface area contributed by atoms with Crippen LogP contribution in [0.1, 0.15) is 0 Å². The number of nitrogens with two attached hydrogens (primary N) is 1. The van der Waals surface area contributed by atoms with E-state index in [1.54, 1.807) is 24.6 Å². The van der Waals surface area contributed by atoms with E-state index in [0.717, 1.165) is 11.8 Å². The summed E-state index contributed by atoms with van der Waals surface area (Å²) >= 11 is 1.21. The number of nitrogens with one attached hydrogen (secondary N) is 1. The molecule has 1 aromatic carbocycles. The van der Waals surface area contributed by atoms with Gasteiger partial charge in [-0.05, 0) is 18.2 Å². The molecular formula is C11H13N3O3S2. The molecule has 0 spiro atoms. The van der Waals surface area contributed by atoms with Gasteiger partial charge in [-0.2, -0.15) is 0 Å². The molecule has 0 radical (unpaired) electrons. The summed E-state index contributed by atoms with van der Waals surface area (Å²) < 4.78 is 29.6. The quantitative estimate of drug-likeness (QED) is 0.839. The number of methoxy groups -OCH3 is 1. The van der Waals surface area contributed by atoms with Crippen molar-refractivity contribution < 1.29 is 13.2 Å². The summed E-state index contributed by atoms with van der Waals surface area (Å²) in [6.45, 7) is 0. The molecule has 0 amide bonds. The average Bonchev–Trinajstić information content (AvgIpc) is 2.75. The highest BCUT2D eigenvalue weighted by Gasteiger charge is 2.09. The summed E-state index contributed by atoms with van der Waals surface area (Å²) in [7, 11) is -1.77. The van der Waals surface area contributed by atoms with E-state index in [2.05, 4.69) is 9.71 Å². The van der Waals surface area contributed by atoms with Crippen molar-refractivity contribution in [1.82, 2.24) is 4.98 Å². The van der Waals surface area contributed by atoms with Crippen molar-refractivity contribution in [3.8, 4) is 17.0 Å². The monoisotopic (exact) mass is 299 g/mol. The van der Waals surface area contributed by atoms with Crippen LogP contribution in [-0.2, 0) is 10.0 Å². The lowest BCUT2D eigenvalue weighted by molar-refractivity contribution is 0.417. The van der Waals surface area contributed by atoms with Crippen LogP contribution in [0.15, 0.2) is 23.6 Å². The minimum Gasteiger partial charge on any atom is -0.495 e. The first-order valence-corrected chi connectivity index (χ1v) is 8.03. The third-order valence-electron chi connectivity index (χ3n) is 2.30. The molecule has 0 aliphatic rings. The molecule has 0 aliphatic carbocycles. The van der Waals surface area contributed by atoms with Crippen molar-refractivity contribution >= 4 is 32.2 Å². The molecule has 0 fully saturated rings. The summed E-state index contributed by atoms with van der Waals surface area (Å²) in [4.78, 5) is 4.19. The standard InChI is InChI=1S/C11H13N3O3S2/c1-17-10-4-3-7(5-8(10)12)9-6-18-11(13-9)14-19(2,15)16/h3-6H,12H2,1-2H3,(H,13,14). The van der Waals surface area contributed by atoms with E-state index in [1.807, 2.05) is 6.07 Å². The van der Waals surface area contributed by atoms with Crippen molar-refractivity contribution in [3.05, 3.63) is 23.6 Å². The Kier molecular flexibility index (Phi) is 3.63. The first-order valence-electron chi connectivity index (χ1n) is 5.26. The smallest absolute Gasteiger partial charge is 0.231 e. The molecule has 8 heteroatoms. The Bertz CT molecular complexity index is 695. The van der Waals surface area contributed by atoms with Gasteiger partial charge in [-0.25, -0.2) is 13.4 Å². The molecule has 6 nitrogen and oxygen atoms in total. The van der Waals surface area contributed by atoms with Crippen molar-refractivity contribution in [2.24, 2.45) is 0 Å². The van der Waals surface area contributed by atoms with Crippen molar-refractivity contribution in [3.63, 3.8) is 0 Å². The van der Waals surface area contributed by atoms with Crippen LogP contribution in [0.25, 0.3) is 11.3 Å². The number of thiazole rings is 1. The van der Waals surface area contributed by atoms with Gasteiger partial charge in [0, 0.05) is 10.9 Å². The first kappa shape index (κ1) is 13.6. The van der Waals surface area contributed by atoms with Gasteiger partial charge in [0.15, 0.2) is 5.13 Å². The molecule has 1 heterocycles. The number of aromatic nitrogens is 1. The molecule has 0 bridgehead atoms. The predicted molar refractivity (Wildman–Crippen MR) is 77.0 cm³/mol. The third-order valence-corrected chi connectivity index (χ3v) is 3.75. The van der Waals surface area contributed by atoms with Crippen LogP contribution in [0.4, 0.5) is 10.8 Å². The number of ether oxygens (including phenoxy) is 1. The zero-order valence-electron chi connectivity index (χ0n) is 10.4. The second kappa shape index (κ2) is 5.06. The summed E-state index contributed by atoms with van der Waals surface area (Å²) in [6, 6.07) is 5.29. The Morgan fingerprint density at radius 3 is 2.74 bits per heavy atom. The number of hydrogen-bond acceptors (Lipinski definition) is 6. The van der Waals surface area contributed by atoms with Crippen LogP contribution in [0, 0.1) is 0 Å². The first-order chi connectivity index (χ1) is 8.89. The molecule has 19 heavy (non-hydrogen) atoms. The van der Waals surface area contributed by atoms with E-state index in [9.17, 15) is 8.42 Å². The molecule has 102 valence electrons. The Morgan fingerprint density at radius 1 is 1.42 bits per heavy atom. The number of rotatable bonds is 4. The SMILES string of the molecule is COc1ccc(-c2csc(NS(C)(=O)=O)n2)cc1N. The molecule has 2 aromatic rings. The van der Waals surface area contributed by atoms with E-state index in [1.165, 1.54) is 11.3 Å². The molecule has 0 saturated heterocycles. The van der Waals surface area contributed by atoms with E-state index in [4.69, 9.17) is 10.5 Å². The maximum Gasteiger partial charge on any atom is 0.231 e. The Hall–Kier alpha value is -1.80. The fourth-order valence-electron chi connectivity index (χ4n) is 1.51. The molecule has 0 unspecified atom stereocenters. The Labute approximate surface area is 115 Å². The fourth-order valence-corrected chi connectivity index (χ4v) is 3.08.